The van der Waals surface area contributed by atoms with Crippen LogP contribution in [0.2, 0.25) is 0 Å². The van der Waals surface area contributed by atoms with Crippen LogP contribution in [0.1, 0.15) is 10.4 Å². The molecule has 0 N–H and O–H groups in total. The maximum atomic E-state index is 11.4. The predicted octanol–water partition coefficient (Wildman–Crippen LogP) is -0.922. The lowest BCUT2D eigenvalue weighted by Crippen LogP contribution is -3.00. The number of rotatable bonds is 5. The van der Waals surface area contributed by atoms with E-state index < -0.39 is 0 Å². The smallest absolute Gasteiger partial charge is 0.337 e. The lowest BCUT2D eigenvalue weighted by molar-refractivity contribution is -0.698. The lowest BCUT2D eigenvalue weighted by atomic mass is 10.1. The van der Waals surface area contributed by atoms with E-state index in [2.05, 4.69) is 9.30 Å². The normalized spacial score (nSPS) is 9.81. The quantitative estimate of drug-likeness (QED) is 0.516. The monoisotopic (exact) mass is 351 g/mol. The van der Waals surface area contributed by atoms with Gasteiger partial charge in [-0.15, -0.1) is 0 Å². The molecule has 0 spiro atoms. The largest absolute Gasteiger partial charge is 1.00 e. The summed E-state index contributed by atoms with van der Waals surface area (Å²) >= 11 is 0. The van der Waals surface area contributed by atoms with Gasteiger partial charge in [0, 0.05) is 19.2 Å². The van der Waals surface area contributed by atoms with E-state index in [0.717, 1.165) is 17.7 Å². The molecular weight excluding hydrogens is 334 g/mol. The van der Waals surface area contributed by atoms with Crippen LogP contribution in [0.4, 0.5) is 0 Å². The Morgan fingerprint density at radius 2 is 1.57 bits per heavy atom. The Labute approximate surface area is 135 Å². The van der Waals surface area contributed by atoms with Gasteiger partial charge in [-0.3, -0.25) is 0 Å². The SMILES string of the molecule is COCC[n+]1ccc(-c2ccc(C(=O)OC)cc2)cc1.[Br-]. The van der Waals surface area contributed by atoms with Crippen molar-refractivity contribution in [2.75, 3.05) is 20.8 Å². The molecule has 0 bridgehead atoms. The summed E-state index contributed by atoms with van der Waals surface area (Å²) in [6.07, 6.45) is 4.03. The molecule has 0 unspecified atom stereocenters. The second kappa shape index (κ2) is 8.54. The van der Waals surface area contributed by atoms with Crippen molar-refractivity contribution in [3.05, 3.63) is 54.4 Å². The molecule has 0 fully saturated rings. The summed E-state index contributed by atoms with van der Waals surface area (Å²) in [5.74, 6) is -0.318. The number of methoxy groups -OCH3 is 2. The molecule has 0 saturated heterocycles. The molecule has 0 aliphatic heterocycles. The highest BCUT2D eigenvalue weighted by atomic mass is 79.9. The molecule has 0 atom stereocenters. The fourth-order valence-electron chi connectivity index (χ4n) is 1.91. The van der Waals surface area contributed by atoms with E-state index in [1.54, 1.807) is 19.2 Å². The van der Waals surface area contributed by atoms with Crippen LogP contribution >= 0.6 is 0 Å². The van der Waals surface area contributed by atoms with Crippen LogP contribution in [0.5, 0.6) is 0 Å². The zero-order chi connectivity index (χ0) is 14.4. The molecule has 0 saturated carbocycles. The second-order valence-corrected chi connectivity index (χ2v) is 4.39. The summed E-state index contributed by atoms with van der Waals surface area (Å²) < 4.78 is 11.8. The number of nitrogens with zero attached hydrogens (tertiary/aromatic N) is 1. The Bertz CT molecular complexity index is 567. The molecule has 1 aromatic carbocycles. The van der Waals surface area contributed by atoms with Crippen molar-refractivity contribution in [3.63, 3.8) is 0 Å². The third-order valence-electron chi connectivity index (χ3n) is 3.08. The Balaban J connectivity index is 0.00000220. The van der Waals surface area contributed by atoms with Crippen LogP contribution in [0.3, 0.4) is 0 Å². The first-order chi connectivity index (χ1) is 9.74. The number of ether oxygens (including phenoxy) is 2. The van der Waals surface area contributed by atoms with E-state index in [9.17, 15) is 4.79 Å². The molecular formula is C16H18BrNO3. The molecule has 1 heterocycles. The number of hydrogen-bond donors (Lipinski definition) is 0. The minimum absolute atomic E-state index is 0. The van der Waals surface area contributed by atoms with E-state index in [0.29, 0.717) is 12.2 Å². The number of hydrogen-bond acceptors (Lipinski definition) is 3. The van der Waals surface area contributed by atoms with Crippen molar-refractivity contribution in [2.45, 2.75) is 6.54 Å². The number of esters is 1. The van der Waals surface area contributed by atoms with E-state index in [1.165, 1.54) is 7.11 Å². The molecule has 0 aliphatic rings. The average molecular weight is 352 g/mol. The number of carbonyl (C=O) groups excluding carboxylic acids is 1. The Morgan fingerprint density at radius 3 is 2.10 bits per heavy atom. The second-order valence-electron chi connectivity index (χ2n) is 4.39. The van der Waals surface area contributed by atoms with Crippen LogP contribution in [-0.4, -0.2) is 26.8 Å². The van der Waals surface area contributed by atoms with Gasteiger partial charge in [-0.1, -0.05) is 12.1 Å². The third kappa shape index (κ3) is 4.65. The van der Waals surface area contributed by atoms with Crippen molar-refractivity contribution >= 4 is 5.97 Å². The van der Waals surface area contributed by atoms with Gasteiger partial charge in [-0.25, -0.2) is 9.36 Å². The lowest BCUT2D eigenvalue weighted by Gasteiger charge is -2.03. The van der Waals surface area contributed by atoms with Gasteiger partial charge in [-0.05, 0) is 23.3 Å². The molecule has 4 nitrogen and oxygen atoms in total. The molecule has 2 rings (SSSR count). The first-order valence-corrected chi connectivity index (χ1v) is 6.41. The van der Waals surface area contributed by atoms with Crippen LogP contribution in [-0.2, 0) is 16.0 Å². The van der Waals surface area contributed by atoms with Gasteiger partial charge in [0.25, 0.3) is 0 Å². The molecule has 112 valence electrons. The molecule has 21 heavy (non-hydrogen) atoms. The summed E-state index contributed by atoms with van der Waals surface area (Å²) in [4.78, 5) is 11.4. The van der Waals surface area contributed by atoms with Gasteiger partial charge in [0.05, 0.1) is 12.7 Å². The minimum atomic E-state index is -0.318. The Kier molecular flexibility index (Phi) is 7.05. The Hall–Kier alpha value is -1.72. The van der Waals surface area contributed by atoms with Crippen molar-refractivity contribution in [2.24, 2.45) is 0 Å². The predicted molar refractivity (Wildman–Crippen MR) is 75.3 cm³/mol. The first-order valence-electron chi connectivity index (χ1n) is 6.41. The number of pyridine rings is 1. The summed E-state index contributed by atoms with van der Waals surface area (Å²) in [5, 5.41) is 0. The van der Waals surface area contributed by atoms with Crippen molar-refractivity contribution < 1.29 is 35.8 Å². The maximum absolute atomic E-state index is 11.4. The standard InChI is InChI=1S/C16H18NO3.BrH/c1-19-12-11-17-9-7-14(8-10-17)13-3-5-15(6-4-13)16(18)20-2;/h3-10H,11-12H2,1-2H3;1H/q+1;/p-1. The zero-order valence-electron chi connectivity index (χ0n) is 12.1. The van der Waals surface area contributed by atoms with E-state index in [1.807, 2.05) is 36.7 Å². The summed E-state index contributed by atoms with van der Waals surface area (Å²) in [7, 11) is 3.07. The van der Waals surface area contributed by atoms with Crippen molar-refractivity contribution in [1.82, 2.24) is 0 Å². The molecule has 1 aromatic heterocycles. The van der Waals surface area contributed by atoms with Gasteiger partial charge < -0.3 is 26.5 Å². The number of carbonyl (C=O) groups is 1. The molecule has 0 amide bonds. The molecule has 2 aromatic rings. The summed E-state index contributed by atoms with van der Waals surface area (Å²) in [5.41, 5.74) is 2.73. The number of aromatic nitrogens is 1. The van der Waals surface area contributed by atoms with E-state index in [4.69, 9.17) is 4.74 Å². The highest BCUT2D eigenvalue weighted by Crippen LogP contribution is 2.18. The van der Waals surface area contributed by atoms with Gasteiger partial charge in [0.1, 0.15) is 6.61 Å². The van der Waals surface area contributed by atoms with Crippen LogP contribution < -0.4 is 21.5 Å². The first kappa shape index (κ1) is 17.3. The van der Waals surface area contributed by atoms with E-state index >= 15 is 0 Å². The summed E-state index contributed by atoms with van der Waals surface area (Å²) in [6.45, 7) is 1.52. The van der Waals surface area contributed by atoms with Crippen LogP contribution in [0, 0.1) is 0 Å². The average Bonchev–Trinajstić information content (AvgIpc) is 2.53. The van der Waals surface area contributed by atoms with Crippen molar-refractivity contribution in [1.29, 1.82) is 0 Å². The number of halogens is 1. The van der Waals surface area contributed by atoms with Gasteiger partial charge in [-0.2, -0.15) is 0 Å². The highest BCUT2D eigenvalue weighted by molar-refractivity contribution is 5.89. The minimum Gasteiger partial charge on any atom is -1.00 e. The zero-order valence-corrected chi connectivity index (χ0v) is 13.7. The van der Waals surface area contributed by atoms with Gasteiger partial charge >= 0.3 is 5.97 Å². The van der Waals surface area contributed by atoms with Gasteiger partial charge in [0.15, 0.2) is 18.9 Å². The molecule has 5 heteroatoms. The molecule has 0 radical (unpaired) electrons. The third-order valence-corrected chi connectivity index (χ3v) is 3.08. The fourth-order valence-corrected chi connectivity index (χ4v) is 1.91. The van der Waals surface area contributed by atoms with Gasteiger partial charge in [0.2, 0.25) is 0 Å². The van der Waals surface area contributed by atoms with Crippen LogP contribution in [0.15, 0.2) is 48.8 Å². The molecule has 0 aliphatic carbocycles. The fraction of sp³-hybridized carbons (Fsp3) is 0.250. The van der Waals surface area contributed by atoms with Crippen LogP contribution in [0.25, 0.3) is 11.1 Å². The number of benzene rings is 1. The highest BCUT2D eigenvalue weighted by Gasteiger charge is 2.06. The van der Waals surface area contributed by atoms with E-state index in [-0.39, 0.29) is 23.0 Å². The maximum Gasteiger partial charge on any atom is 0.337 e. The summed E-state index contributed by atoms with van der Waals surface area (Å²) in [6, 6.07) is 11.5. The van der Waals surface area contributed by atoms with Crippen molar-refractivity contribution in [3.8, 4) is 11.1 Å². The topological polar surface area (TPSA) is 39.4 Å². The Morgan fingerprint density at radius 1 is 1.00 bits per heavy atom.